The van der Waals surface area contributed by atoms with E-state index in [0.717, 1.165) is 17.0 Å². The van der Waals surface area contributed by atoms with Gasteiger partial charge >= 0.3 is 0 Å². The van der Waals surface area contributed by atoms with Crippen molar-refractivity contribution >= 4 is 9.84 Å². The normalized spacial score (nSPS) is 13.9. The molecule has 0 aliphatic rings. The molecule has 1 atom stereocenters. The molecular weight excluding hydrogens is 240 g/mol. The van der Waals surface area contributed by atoms with Crippen molar-refractivity contribution in [3.8, 4) is 0 Å². The van der Waals surface area contributed by atoms with Crippen molar-refractivity contribution in [1.29, 1.82) is 0 Å². The molecule has 0 spiro atoms. The maximum absolute atomic E-state index is 11.0. The van der Waals surface area contributed by atoms with Crippen molar-refractivity contribution in [2.45, 2.75) is 32.8 Å². The summed E-state index contributed by atoms with van der Waals surface area (Å²) in [6.45, 7) is 3.75. The summed E-state index contributed by atoms with van der Waals surface area (Å²) in [5.74, 6) is 0.114. The fourth-order valence-corrected chi connectivity index (χ4v) is 2.65. The summed E-state index contributed by atoms with van der Waals surface area (Å²) in [5, 5.41) is 14.3. The first-order valence-electron chi connectivity index (χ1n) is 5.58. The summed E-state index contributed by atoms with van der Waals surface area (Å²) < 4.78 is 23.7. The minimum atomic E-state index is -2.95. The van der Waals surface area contributed by atoms with Crippen LogP contribution in [0.25, 0.3) is 0 Å². The Morgan fingerprint density at radius 3 is 2.41 bits per heavy atom. The average Bonchev–Trinajstić information content (AvgIpc) is 2.38. The molecule has 98 valence electrons. The van der Waals surface area contributed by atoms with Gasteiger partial charge in [0.2, 0.25) is 0 Å². The summed E-state index contributed by atoms with van der Waals surface area (Å²) >= 11 is 0. The van der Waals surface area contributed by atoms with Crippen LogP contribution in [0.3, 0.4) is 0 Å². The van der Waals surface area contributed by atoms with Crippen molar-refractivity contribution in [1.82, 2.24) is 9.78 Å². The molecule has 0 aliphatic carbocycles. The van der Waals surface area contributed by atoms with Gasteiger partial charge in [-0.1, -0.05) is 0 Å². The maximum Gasteiger partial charge on any atom is 0.147 e. The highest BCUT2D eigenvalue weighted by molar-refractivity contribution is 7.90. The van der Waals surface area contributed by atoms with Gasteiger partial charge in [-0.05, 0) is 26.7 Å². The van der Waals surface area contributed by atoms with Gasteiger partial charge in [0.1, 0.15) is 9.84 Å². The molecule has 1 N–H and O–H groups in total. The molecule has 0 bridgehead atoms. The molecule has 6 heteroatoms. The lowest BCUT2D eigenvalue weighted by Gasteiger charge is -2.10. The van der Waals surface area contributed by atoms with Crippen molar-refractivity contribution < 1.29 is 13.5 Å². The third-order valence-corrected chi connectivity index (χ3v) is 3.92. The zero-order valence-corrected chi connectivity index (χ0v) is 11.6. The van der Waals surface area contributed by atoms with Crippen LogP contribution in [-0.2, 0) is 16.9 Å². The Balaban J connectivity index is 2.67. The number of sulfone groups is 1. The quantitative estimate of drug-likeness (QED) is 0.853. The van der Waals surface area contributed by atoms with Crippen LogP contribution in [0.2, 0.25) is 0 Å². The van der Waals surface area contributed by atoms with Crippen LogP contribution in [0.15, 0.2) is 0 Å². The van der Waals surface area contributed by atoms with Crippen molar-refractivity contribution in [2.75, 3.05) is 12.0 Å². The van der Waals surface area contributed by atoms with Crippen LogP contribution in [0.5, 0.6) is 0 Å². The number of rotatable bonds is 5. The van der Waals surface area contributed by atoms with E-state index in [9.17, 15) is 13.5 Å². The van der Waals surface area contributed by atoms with Gasteiger partial charge in [0, 0.05) is 30.3 Å². The van der Waals surface area contributed by atoms with E-state index in [4.69, 9.17) is 0 Å². The smallest absolute Gasteiger partial charge is 0.147 e. The van der Waals surface area contributed by atoms with E-state index < -0.39 is 15.9 Å². The number of nitrogens with zero attached hydrogens (tertiary/aromatic N) is 2. The van der Waals surface area contributed by atoms with Gasteiger partial charge in [-0.3, -0.25) is 4.68 Å². The highest BCUT2D eigenvalue weighted by Crippen LogP contribution is 2.24. The zero-order chi connectivity index (χ0) is 13.2. The van der Waals surface area contributed by atoms with E-state index in [-0.39, 0.29) is 5.75 Å². The molecule has 1 rings (SSSR count). The number of aryl methyl sites for hydroxylation is 2. The largest absolute Gasteiger partial charge is 0.388 e. The van der Waals surface area contributed by atoms with Crippen LogP contribution in [0.4, 0.5) is 0 Å². The van der Waals surface area contributed by atoms with Crippen LogP contribution < -0.4 is 0 Å². The van der Waals surface area contributed by atoms with Crippen molar-refractivity contribution in [3.63, 3.8) is 0 Å². The zero-order valence-electron chi connectivity index (χ0n) is 10.8. The van der Waals surface area contributed by atoms with Crippen LogP contribution in [0.1, 0.15) is 35.9 Å². The second kappa shape index (κ2) is 5.18. The van der Waals surface area contributed by atoms with Gasteiger partial charge in [0.15, 0.2) is 0 Å². The predicted octanol–water partition coefficient (Wildman–Crippen LogP) is 0.895. The summed E-state index contributed by atoms with van der Waals surface area (Å²) in [6, 6.07) is 0. The summed E-state index contributed by atoms with van der Waals surface area (Å²) in [6.07, 6.45) is 1.49. The summed E-state index contributed by atoms with van der Waals surface area (Å²) in [4.78, 5) is 0. The van der Waals surface area contributed by atoms with E-state index in [1.807, 2.05) is 20.9 Å². The van der Waals surface area contributed by atoms with Gasteiger partial charge in [-0.2, -0.15) is 5.10 Å². The molecule has 1 aromatic rings. The van der Waals surface area contributed by atoms with Gasteiger partial charge in [-0.15, -0.1) is 0 Å². The van der Waals surface area contributed by atoms with E-state index >= 15 is 0 Å². The van der Waals surface area contributed by atoms with Crippen molar-refractivity contribution in [2.24, 2.45) is 7.05 Å². The molecule has 1 unspecified atom stereocenters. The van der Waals surface area contributed by atoms with Gasteiger partial charge < -0.3 is 5.11 Å². The lowest BCUT2D eigenvalue weighted by atomic mass is 10.0. The van der Waals surface area contributed by atoms with E-state index in [0.29, 0.717) is 12.8 Å². The molecular formula is C11H20N2O3S. The highest BCUT2D eigenvalue weighted by atomic mass is 32.2. The minimum absolute atomic E-state index is 0.114. The SMILES string of the molecule is Cc1nn(C)c(C)c1C(O)CCCS(C)(=O)=O. The highest BCUT2D eigenvalue weighted by Gasteiger charge is 2.18. The number of aliphatic hydroxyl groups excluding tert-OH is 1. The van der Waals surface area contributed by atoms with Crippen LogP contribution in [0, 0.1) is 13.8 Å². The number of aromatic nitrogens is 2. The van der Waals surface area contributed by atoms with E-state index in [1.165, 1.54) is 6.26 Å². The second-order valence-electron chi connectivity index (χ2n) is 4.50. The number of hydrogen-bond acceptors (Lipinski definition) is 4. The average molecular weight is 260 g/mol. The molecule has 17 heavy (non-hydrogen) atoms. The molecule has 0 aliphatic heterocycles. The first-order chi connectivity index (χ1) is 7.72. The summed E-state index contributed by atoms with van der Waals surface area (Å²) in [5.41, 5.74) is 2.55. The maximum atomic E-state index is 11.0. The molecule has 0 saturated carbocycles. The topological polar surface area (TPSA) is 72.2 Å². The fourth-order valence-electron chi connectivity index (χ4n) is 1.96. The molecule has 5 nitrogen and oxygen atoms in total. The molecule has 0 aromatic carbocycles. The van der Waals surface area contributed by atoms with E-state index in [1.54, 1.807) is 4.68 Å². The molecule has 0 fully saturated rings. The lowest BCUT2D eigenvalue weighted by Crippen LogP contribution is -2.07. The predicted molar refractivity (Wildman–Crippen MR) is 66.6 cm³/mol. The Labute approximate surface area is 102 Å². The lowest BCUT2D eigenvalue weighted by molar-refractivity contribution is 0.165. The third kappa shape index (κ3) is 3.81. The monoisotopic (exact) mass is 260 g/mol. The molecule has 0 radical (unpaired) electrons. The summed E-state index contributed by atoms with van der Waals surface area (Å²) in [7, 11) is -1.12. The molecule has 1 heterocycles. The Kier molecular flexibility index (Phi) is 4.32. The van der Waals surface area contributed by atoms with Crippen LogP contribution >= 0.6 is 0 Å². The van der Waals surface area contributed by atoms with Crippen LogP contribution in [-0.4, -0.2) is 35.3 Å². The standard InChI is InChI=1S/C11H20N2O3S/c1-8-11(9(2)13(3)12-8)10(14)6-5-7-17(4,15)16/h10,14H,5-7H2,1-4H3. The number of aliphatic hydroxyl groups is 1. The van der Waals surface area contributed by atoms with Gasteiger partial charge in [0.25, 0.3) is 0 Å². The number of hydrogen-bond donors (Lipinski definition) is 1. The van der Waals surface area contributed by atoms with E-state index in [2.05, 4.69) is 5.10 Å². The first kappa shape index (κ1) is 14.2. The molecule has 1 aromatic heterocycles. The fraction of sp³-hybridized carbons (Fsp3) is 0.727. The van der Waals surface area contributed by atoms with Gasteiger partial charge in [-0.25, -0.2) is 8.42 Å². The third-order valence-electron chi connectivity index (χ3n) is 2.89. The molecule has 0 saturated heterocycles. The Morgan fingerprint density at radius 1 is 1.41 bits per heavy atom. The minimum Gasteiger partial charge on any atom is -0.388 e. The Morgan fingerprint density at radius 2 is 2.00 bits per heavy atom. The first-order valence-corrected chi connectivity index (χ1v) is 7.64. The molecule has 0 amide bonds. The Hall–Kier alpha value is -0.880. The second-order valence-corrected chi connectivity index (χ2v) is 6.76. The van der Waals surface area contributed by atoms with Gasteiger partial charge in [0.05, 0.1) is 11.8 Å². The Bertz CT molecular complexity index is 491. The van der Waals surface area contributed by atoms with Crippen molar-refractivity contribution in [3.05, 3.63) is 17.0 Å².